The largest absolute Gasteiger partial charge is 0.370 e. The number of aliphatic imine (C=N–C) groups is 1. The van der Waals surface area contributed by atoms with Crippen LogP contribution in [0.15, 0.2) is 65.7 Å². The predicted molar refractivity (Wildman–Crippen MR) is 92.0 cm³/mol. The maximum absolute atomic E-state index is 6.14. The van der Waals surface area contributed by atoms with E-state index in [4.69, 9.17) is 5.73 Å². The van der Waals surface area contributed by atoms with Gasteiger partial charge in [-0.25, -0.2) is 4.99 Å². The van der Waals surface area contributed by atoms with Crippen molar-refractivity contribution in [2.24, 2.45) is 10.7 Å². The summed E-state index contributed by atoms with van der Waals surface area (Å²) in [4.78, 5) is 9.08. The lowest BCUT2D eigenvalue weighted by Crippen LogP contribution is -2.51. The molecule has 4 nitrogen and oxygen atoms in total. The minimum absolute atomic E-state index is 0.644. The number of benzene rings is 2. The van der Waals surface area contributed by atoms with E-state index >= 15 is 0 Å². The Kier molecular flexibility index (Phi) is 4.59. The van der Waals surface area contributed by atoms with E-state index in [1.54, 1.807) is 0 Å². The zero-order chi connectivity index (χ0) is 15.2. The number of anilines is 1. The molecule has 1 heterocycles. The van der Waals surface area contributed by atoms with Crippen molar-refractivity contribution in [2.45, 2.75) is 6.54 Å². The van der Waals surface area contributed by atoms with Gasteiger partial charge in [0.15, 0.2) is 5.96 Å². The molecule has 0 radical (unpaired) electrons. The van der Waals surface area contributed by atoms with E-state index in [0.29, 0.717) is 12.5 Å². The fraction of sp³-hybridized carbons (Fsp3) is 0.278. The van der Waals surface area contributed by atoms with Crippen molar-refractivity contribution >= 4 is 11.6 Å². The maximum atomic E-state index is 6.14. The summed E-state index contributed by atoms with van der Waals surface area (Å²) in [6, 6.07) is 20.7. The highest BCUT2D eigenvalue weighted by atomic mass is 15.3. The van der Waals surface area contributed by atoms with E-state index < -0.39 is 0 Å². The Bertz CT molecular complexity index is 601. The molecule has 2 aromatic carbocycles. The number of rotatable bonds is 3. The Morgan fingerprint density at radius 2 is 1.45 bits per heavy atom. The summed E-state index contributed by atoms with van der Waals surface area (Å²) >= 11 is 0. The first kappa shape index (κ1) is 14.4. The van der Waals surface area contributed by atoms with Crippen LogP contribution >= 0.6 is 0 Å². The van der Waals surface area contributed by atoms with Crippen LogP contribution in [0.5, 0.6) is 0 Å². The second kappa shape index (κ2) is 6.98. The topological polar surface area (TPSA) is 44.9 Å². The molecule has 0 atom stereocenters. The fourth-order valence-corrected chi connectivity index (χ4v) is 2.69. The second-order valence-corrected chi connectivity index (χ2v) is 5.47. The van der Waals surface area contributed by atoms with Gasteiger partial charge in [0.25, 0.3) is 0 Å². The first-order valence-corrected chi connectivity index (χ1v) is 7.72. The summed E-state index contributed by atoms with van der Waals surface area (Å²) in [6.07, 6.45) is 0. The van der Waals surface area contributed by atoms with Crippen molar-refractivity contribution in [3.05, 3.63) is 66.2 Å². The Hall–Kier alpha value is -2.49. The van der Waals surface area contributed by atoms with Gasteiger partial charge in [0, 0.05) is 31.9 Å². The predicted octanol–water partition coefficient (Wildman–Crippen LogP) is 2.32. The summed E-state index contributed by atoms with van der Waals surface area (Å²) in [7, 11) is 0. The zero-order valence-corrected chi connectivity index (χ0v) is 12.7. The summed E-state index contributed by atoms with van der Waals surface area (Å²) in [6.45, 7) is 4.43. The van der Waals surface area contributed by atoms with Crippen LogP contribution in [-0.2, 0) is 6.54 Å². The Labute approximate surface area is 131 Å². The molecule has 1 aliphatic rings. The lowest BCUT2D eigenvalue weighted by atomic mass is 10.2. The Balaban J connectivity index is 1.54. The van der Waals surface area contributed by atoms with Gasteiger partial charge in [-0.2, -0.15) is 0 Å². The molecular weight excluding hydrogens is 272 g/mol. The van der Waals surface area contributed by atoms with Crippen LogP contribution in [0.1, 0.15) is 5.56 Å². The van der Waals surface area contributed by atoms with Gasteiger partial charge in [0.05, 0.1) is 6.54 Å². The third kappa shape index (κ3) is 3.58. The zero-order valence-electron chi connectivity index (χ0n) is 12.7. The van der Waals surface area contributed by atoms with E-state index in [1.165, 1.54) is 11.3 Å². The van der Waals surface area contributed by atoms with Crippen molar-refractivity contribution in [2.75, 3.05) is 31.1 Å². The van der Waals surface area contributed by atoms with Gasteiger partial charge in [0.2, 0.25) is 0 Å². The van der Waals surface area contributed by atoms with E-state index in [1.807, 2.05) is 24.3 Å². The van der Waals surface area contributed by atoms with E-state index in [-0.39, 0.29) is 0 Å². The molecule has 1 saturated heterocycles. The van der Waals surface area contributed by atoms with Crippen molar-refractivity contribution < 1.29 is 0 Å². The molecule has 0 aliphatic carbocycles. The average molecular weight is 294 g/mol. The molecule has 2 N–H and O–H groups in total. The molecule has 3 rings (SSSR count). The van der Waals surface area contributed by atoms with Crippen molar-refractivity contribution in [3.8, 4) is 0 Å². The molecule has 4 heteroatoms. The van der Waals surface area contributed by atoms with E-state index in [0.717, 1.165) is 26.2 Å². The monoisotopic (exact) mass is 294 g/mol. The van der Waals surface area contributed by atoms with E-state index in [9.17, 15) is 0 Å². The molecule has 0 unspecified atom stereocenters. The molecule has 0 amide bonds. The van der Waals surface area contributed by atoms with Crippen LogP contribution in [-0.4, -0.2) is 37.0 Å². The summed E-state index contributed by atoms with van der Waals surface area (Å²) in [5, 5.41) is 0. The molecule has 1 aliphatic heterocycles. The summed E-state index contributed by atoms with van der Waals surface area (Å²) < 4.78 is 0. The van der Waals surface area contributed by atoms with Crippen LogP contribution in [0, 0.1) is 0 Å². The lowest BCUT2D eigenvalue weighted by Gasteiger charge is -2.36. The van der Waals surface area contributed by atoms with Crippen LogP contribution < -0.4 is 10.6 Å². The normalized spacial score (nSPS) is 15.9. The van der Waals surface area contributed by atoms with Gasteiger partial charge in [-0.3, -0.25) is 0 Å². The lowest BCUT2D eigenvalue weighted by molar-refractivity contribution is 0.380. The highest BCUT2D eigenvalue weighted by Gasteiger charge is 2.18. The third-order valence-electron chi connectivity index (χ3n) is 3.99. The molecule has 2 aromatic rings. The van der Waals surface area contributed by atoms with E-state index in [2.05, 4.69) is 51.2 Å². The highest BCUT2D eigenvalue weighted by molar-refractivity contribution is 5.78. The van der Waals surface area contributed by atoms with Crippen molar-refractivity contribution in [3.63, 3.8) is 0 Å². The number of piperazine rings is 1. The van der Waals surface area contributed by atoms with Gasteiger partial charge >= 0.3 is 0 Å². The van der Waals surface area contributed by atoms with Gasteiger partial charge < -0.3 is 15.5 Å². The summed E-state index contributed by atoms with van der Waals surface area (Å²) in [5.74, 6) is 0.650. The molecule has 114 valence electrons. The van der Waals surface area contributed by atoms with Crippen LogP contribution in [0.2, 0.25) is 0 Å². The molecule has 0 bridgehead atoms. The SMILES string of the molecule is NC(=NCc1ccccc1)N1CCN(c2ccccc2)CC1. The second-order valence-electron chi connectivity index (χ2n) is 5.47. The van der Waals surface area contributed by atoms with Crippen LogP contribution in [0.4, 0.5) is 5.69 Å². The molecular formula is C18H22N4. The molecule has 0 saturated carbocycles. The Morgan fingerprint density at radius 1 is 0.864 bits per heavy atom. The Morgan fingerprint density at radius 3 is 2.09 bits per heavy atom. The van der Waals surface area contributed by atoms with Crippen molar-refractivity contribution in [1.29, 1.82) is 0 Å². The highest BCUT2D eigenvalue weighted by Crippen LogP contribution is 2.15. The number of hydrogen-bond donors (Lipinski definition) is 1. The number of hydrogen-bond acceptors (Lipinski definition) is 2. The first-order valence-electron chi connectivity index (χ1n) is 7.72. The molecule has 0 aromatic heterocycles. The first-order chi connectivity index (χ1) is 10.8. The van der Waals surface area contributed by atoms with Crippen LogP contribution in [0.25, 0.3) is 0 Å². The smallest absolute Gasteiger partial charge is 0.191 e. The number of guanidine groups is 1. The minimum Gasteiger partial charge on any atom is -0.370 e. The summed E-state index contributed by atoms with van der Waals surface area (Å²) in [5.41, 5.74) is 8.61. The maximum Gasteiger partial charge on any atom is 0.191 e. The average Bonchev–Trinajstić information content (AvgIpc) is 2.61. The third-order valence-corrected chi connectivity index (χ3v) is 3.99. The number of nitrogens with zero attached hydrogens (tertiary/aromatic N) is 3. The standard InChI is InChI=1S/C18H22N4/c19-18(20-15-16-7-3-1-4-8-16)22-13-11-21(12-14-22)17-9-5-2-6-10-17/h1-10H,11-15H2,(H2,19,20). The minimum atomic E-state index is 0.644. The van der Waals surface area contributed by atoms with Gasteiger partial charge in [-0.15, -0.1) is 0 Å². The fourth-order valence-electron chi connectivity index (χ4n) is 2.69. The molecule has 22 heavy (non-hydrogen) atoms. The molecule has 1 fully saturated rings. The van der Waals surface area contributed by atoms with Gasteiger partial charge in [-0.05, 0) is 17.7 Å². The van der Waals surface area contributed by atoms with Gasteiger partial charge in [0.1, 0.15) is 0 Å². The van der Waals surface area contributed by atoms with Gasteiger partial charge in [-0.1, -0.05) is 48.5 Å². The number of nitrogens with two attached hydrogens (primary N) is 1. The van der Waals surface area contributed by atoms with Crippen molar-refractivity contribution in [1.82, 2.24) is 4.90 Å². The number of para-hydroxylation sites is 1. The molecule has 0 spiro atoms. The van der Waals surface area contributed by atoms with Crippen LogP contribution in [0.3, 0.4) is 0 Å². The quantitative estimate of drug-likeness (QED) is 0.698.